The highest BCUT2D eigenvalue weighted by atomic mass is 32.1. The van der Waals surface area contributed by atoms with Crippen molar-refractivity contribution in [1.29, 1.82) is 0 Å². The van der Waals surface area contributed by atoms with Crippen LogP contribution in [-0.4, -0.2) is 15.0 Å². The van der Waals surface area contributed by atoms with Crippen molar-refractivity contribution in [2.24, 2.45) is 0 Å². The predicted octanol–water partition coefficient (Wildman–Crippen LogP) is 14.0. The second-order valence-corrected chi connectivity index (χ2v) is 14.7. The lowest BCUT2D eigenvalue weighted by molar-refractivity contribution is 1.08. The second-order valence-electron chi connectivity index (χ2n) is 13.7. The van der Waals surface area contributed by atoms with Gasteiger partial charge in [-0.3, -0.25) is 0 Å². The summed E-state index contributed by atoms with van der Waals surface area (Å²) < 4.78 is 2.38. The molecule has 4 nitrogen and oxygen atoms in total. The molecule has 10 rings (SSSR count). The molecule has 264 valence electrons. The van der Waals surface area contributed by atoms with Crippen LogP contribution in [0, 0.1) is 0 Å². The van der Waals surface area contributed by atoms with E-state index in [1.807, 2.05) is 60.7 Å². The molecular formula is C51H34N4S. The number of rotatable bonds is 8. The number of hydrogen-bond donors (Lipinski definition) is 0. The molecule has 2 aromatic heterocycles. The number of anilines is 3. The van der Waals surface area contributed by atoms with Gasteiger partial charge in [0.25, 0.3) is 0 Å². The Balaban J connectivity index is 1.05. The molecule has 2 heterocycles. The summed E-state index contributed by atoms with van der Waals surface area (Å²) in [7, 11) is 0. The van der Waals surface area contributed by atoms with Gasteiger partial charge in [-0.2, -0.15) is 0 Å². The third-order valence-electron chi connectivity index (χ3n) is 10.1. The average molecular weight is 735 g/mol. The molecule has 0 spiro atoms. The minimum absolute atomic E-state index is 0.655. The normalized spacial score (nSPS) is 11.2. The maximum Gasteiger partial charge on any atom is 0.164 e. The number of hydrogen-bond acceptors (Lipinski definition) is 5. The van der Waals surface area contributed by atoms with Gasteiger partial charge >= 0.3 is 0 Å². The number of benzene rings is 8. The minimum Gasteiger partial charge on any atom is -0.310 e. The smallest absolute Gasteiger partial charge is 0.164 e. The van der Waals surface area contributed by atoms with Crippen LogP contribution in [0.15, 0.2) is 206 Å². The van der Waals surface area contributed by atoms with Crippen molar-refractivity contribution in [3.05, 3.63) is 206 Å². The number of aromatic nitrogens is 3. The maximum atomic E-state index is 5.08. The monoisotopic (exact) mass is 734 g/mol. The van der Waals surface area contributed by atoms with Crippen molar-refractivity contribution in [1.82, 2.24) is 15.0 Å². The Morgan fingerprint density at radius 2 is 0.768 bits per heavy atom. The van der Waals surface area contributed by atoms with Crippen molar-refractivity contribution in [2.75, 3.05) is 4.90 Å². The molecule has 0 N–H and O–H groups in total. The molecule has 0 unspecified atom stereocenters. The Labute approximate surface area is 329 Å². The van der Waals surface area contributed by atoms with Crippen LogP contribution in [0.4, 0.5) is 17.1 Å². The van der Waals surface area contributed by atoms with Crippen LogP contribution in [0.5, 0.6) is 0 Å². The van der Waals surface area contributed by atoms with Crippen LogP contribution in [0.3, 0.4) is 0 Å². The molecule has 0 aliphatic heterocycles. The number of nitrogens with zero attached hydrogens (tertiary/aromatic N) is 4. The first-order valence-corrected chi connectivity index (χ1v) is 19.5. The van der Waals surface area contributed by atoms with Gasteiger partial charge in [-0.1, -0.05) is 164 Å². The van der Waals surface area contributed by atoms with E-state index >= 15 is 0 Å². The van der Waals surface area contributed by atoms with Crippen LogP contribution in [0.25, 0.3) is 76.6 Å². The Morgan fingerprint density at radius 3 is 1.34 bits per heavy atom. The third-order valence-corrected chi connectivity index (χ3v) is 11.3. The van der Waals surface area contributed by atoms with E-state index in [-0.39, 0.29) is 0 Å². The molecule has 0 bridgehead atoms. The van der Waals surface area contributed by atoms with Gasteiger partial charge in [-0.25, -0.2) is 15.0 Å². The quantitative estimate of drug-likeness (QED) is 0.156. The first-order valence-electron chi connectivity index (χ1n) is 18.7. The highest BCUT2D eigenvalue weighted by molar-refractivity contribution is 7.26. The summed E-state index contributed by atoms with van der Waals surface area (Å²) in [6, 6.07) is 72.3. The molecule has 0 fully saturated rings. The van der Waals surface area contributed by atoms with Gasteiger partial charge in [0.15, 0.2) is 17.5 Å². The van der Waals surface area contributed by atoms with Crippen molar-refractivity contribution in [2.45, 2.75) is 0 Å². The van der Waals surface area contributed by atoms with Crippen LogP contribution in [0.2, 0.25) is 0 Å². The zero-order valence-electron chi connectivity index (χ0n) is 30.3. The Bertz CT molecular complexity index is 2870. The molecule has 0 amide bonds. The topological polar surface area (TPSA) is 41.9 Å². The van der Waals surface area contributed by atoms with E-state index in [0.29, 0.717) is 17.5 Å². The highest BCUT2D eigenvalue weighted by Crippen LogP contribution is 2.43. The highest BCUT2D eigenvalue weighted by Gasteiger charge is 2.19. The third kappa shape index (κ3) is 6.40. The van der Waals surface area contributed by atoms with Gasteiger partial charge in [0.05, 0.1) is 0 Å². The lowest BCUT2D eigenvalue weighted by Gasteiger charge is -2.25. The van der Waals surface area contributed by atoms with Gasteiger partial charge in [0, 0.05) is 53.9 Å². The van der Waals surface area contributed by atoms with Gasteiger partial charge in [-0.15, -0.1) is 11.3 Å². The van der Waals surface area contributed by atoms with Gasteiger partial charge in [0.1, 0.15) is 0 Å². The molecule has 0 radical (unpaired) electrons. The summed E-state index contributed by atoms with van der Waals surface area (Å²) in [6.45, 7) is 0. The maximum absolute atomic E-state index is 5.08. The van der Waals surface area contributed by atoms with Crippen molar-refractivity contribution >= 4 is 48.6 Å². The Kier molecular flexibility index (Phi) is 8.67. The van der Waals surface area contributed by atoms with E-state index in [4.69, 9.17) is 15.0 Å². The lowest BCUT2D eigenvalue weighted by Crippen LogP contribution is -2.09. The summed E-state index contributed by atoms with van der Waals surface area (Å²) in [5.41, 5.74) is 11.0. The van der Waals surface area contributed by atoms with Crippen molar-refractivity contribution < 1.29 is 0 Å². The SMILES string of the molecule is c1ccc(-c2ccc(-c3ccc(N(c4ccccc4)c4ccc5c(c4)sc4cccc(-c6nc(-c7ccccc7)nc(-c7ccccc7)n6)c45)cc3)cc2)cc1. The lowest BCUT2D eigenvalue weighted by atomic mass is 10.00. The first kappa shape index (κ1) is 33.4. The van der Waals surface area contributed by atoms with E-state index in [2.05, 4.69) is 150 Å². The summed E-state index contributed by atoms with van der Waals surface area (Å²) in [5, 5.41) is 2.33. The fourth-order valence-electron chi connectivity index (χ4n) is 7.38. The molecule has 0 atom stereocenters. The van der Waals surface area contributed by atoms with E-state index in [1.165, 1.54) is 37.0 Å². The van der Waals surface area contributed by atoms with E-state index in [0.717, 1.165) is 39.1 Å². The fraction of sp³-hybridized carbons (Fsp3) is 0. The molecule has 10 aromatic rings. The molecule has 56 heavy (non-hydrogen) atoms. The average Bonchev–Trinajstić information content (AvgIpc) is 3.66. The summed E-state index contributed by atoms with van der Waals surface area (Å²) in [4.78, 5) is 17.4. The number of fused-ring (bicyclic) bond motifs is 3. The molecule has 0 aliphatic rings. The van der Waals surface area contributed by atoms with Crippen LogP contribution < -0.4 is 4.90 Å². The number of thiophene rings is 1. The first-order chi connectivity index (χ1) is 27.7. The van der Waals surface area contributed by atoms with Crippen molar-refractivity contribution in [3.63, 3.8) is 0 Å². The zero-order chi connectivity index (χ0) is 37.3. The zero-order valence-corrected chi connectivity index (χ0v) is 31.1. The van der Waals surface area contributed by atoms with Gasteiger partial charge in [-0.05, 0) is 64.7 Å². The number of para-hydroxylation sites is 1. The summed E-state index contributed by atoms with van der Waals surface area (Å²) in [6.07, 6.45) is 0. The minimum atomic E-state index is 0.655. The summed E-state index contributed by atoms with van der Waals surface area (Å²) in [5.74, 6) is 1.97. The largest absolute Gasteiger partial charge is 0.310 e. The van der Waals surface area contributed by atoms with Gasteiger partial charge in [0.2, 0.25) is 0 Å². The van der Waals surface area contributed by atoms with Gasteiger partial charge < -0.3 is 4.90 Å². The van der Waals surface area contributed by atoms with E-state index in [1.54, 1.807) is 11.3 Å². The van der Waals surface area contributed by atoms with E-state index < -0.39 is 0 Å². The Morgan fingerprint density at radius 1 is 0.321 bits per heavy atom. The molecule has 5 heteroatoms. The molecule has 0 aliphatic carbocycles. The molecule has 0 saturated heterocycles. The standard InChI is InChI=1S/C51H34N4S/c1-5-14-35(15-6-1)36-24-26-37(27-25-36)38-28-30-42(31-29-38)55(41-20-11-4-12-21-41)43-32-33-44-47(34-43)56-46-23-13-22-45(48(44)46)51-53-49(39-16-7-2-8-17-39)52-50(54-51)40-18-9-3-10-19-40/h1-34H. The van der Waals surface area contributed by atoms with Crippen LogP contribution in [0.1, 0.15) is 0 Å². The second kappa shape index (κ2) is 14.6. The van der Waals surface area contributed by atoms with E-state index in [9.17, 15) is 0 Å². The molecule has 8 aromatic carbocycles. The summed E-state index contributed by atoms with van der Waals surface area (Å²) >= 11 is 1.79. The van der Waals surface area contributed by atoms with Crippen LogP contribution >= 0.6 is 11.3 Å². The van der Waals surface area contributed by atoms with Crippen molar-refractivity contribution in [3.8, 4) is 56.4 Å². The molecular weight excluding hydrogens is 701 g/mol. The van der Waals surface area contributed by atoms with Crippen LogP contribution in [-0.2, 0) is 0 Å². The Hall–Kier alpha value is -7.21. The predicted molar refractivity (Wildman–Crippen MR) is 235 cm³/mol. The molecule has 0 saturated carbocycles. The fourth-order valence-corrected chi connectivity index (χ4v) is 8.55.